The molecule has 1 unspecified atom stereocenters. The van der Waals surface area contributed by atoms with Gasteiger partial charge in [-0.25, -0.2) is 0 Å². The monoisotopic (exact) mass is 246 g/mol. The Bertz CT molecular complexity index is 392. The van der Waals surface area contributed by atoms with Gasteiger partial charge in [-0.3, -0.25) is 4.90 Å². The molecule has 1 aromatic rings. The normalized spacial score (nSPS) is 20.6. The van der Waals surface area contributed by atoms with Gasteiger partial charge in [0.2, 0.25) is 0 Å². The van der Waals surface area contributed by atoms with Crippen LogP contribution in [0.1, 0.15) is 44.4 Å². The number of hydrogen-bond acceptors (Lipinski definition) is 2. The van der Waals surface area contributed by atoms with Crippen molar-refractivity contribution in [2.75, 3.05) is 20.1 Å². The van der Waals surface area contributed by atoms with E-state index in [1.165, 1.54) is 17.5 Å². The summed E-state index contributed by atoms with van der Waals surface area (Å²) in [6, 6.07) is 9.42. The van der Waals surface area contributed by atoms with E-state index < -0.39 is 0 Å². The van der Waals surface area contributed by atoms with Crippen LogP contribution in [-0.4, -0.2) is 25.0 Å². The molecule has 2 nitrogen and oxygen atoms in total. The second-order valence-corrected chi connectivity index (χ2v) is 6.66. The van der Waals surface area contributed by atoms with E-state index in [2.05, 4.69) is 62.3 Å². The average Bonchev–Trinajstić information content (AvgIpc) is 2.48. The van der Waals surface area contributed by atoms with Crippen LogP contribution in [0.5, 0.6) is 0 Å². The van der Waals surface area contributed by atoms with Crippen LogP contribution in [0.2, 0.25) is 0 Å². The second kappa shape index (κ2) is 5.41. The lowest BCUT2D eigenvalue weighted by molar-refractivity contribution is 0.166. The van der Waals surface area contributed by atoms with Crippen molar-refractivity contribution in [3.8, 4) is 0 Å². The maximum atomic E-state index is 3.52. The summed E-state index contributed by atoms with van der Waals surface area (Å²) < 4.78 is 0. The third-order valence-corrected chi connectivity index (χ3v) is 3.58. The minimum absolute atomic E-state index is 0.351. The Morgan fingerprint density at radius 3 is 2.72 bits per heavy atom. The van der Waals surface area contributed by atoms with Gasteiger partial charge in [0.15, 0.2) is 0 Å². The van der Waals surface area contributed by atoms with E-state index in [0.717, 1.165) is 19.6 Å². The molecule has 0 bridgehead atoms. The SMILES string of the molecule is CN(CC(C)(C)C)C1CCNCc2ccccc21. The maximum Gasteiger partial charge on any atom is 0.0360 e. The molecule has 1 aromatic carbocycles. The van der Waals surface area contributed by atoms with Gasteiger partial charge in [-0.15, -0.1) is 0 Å². The first-order valence-electron chi connectivity index (χ1n) is 6.96. The van der Waals surface area contributed by atoms with E-state index in [1.807, 2.05) is 0 Å². The van der Waals surface area contributed by atoms with E-state index in [0.29, 0.717) is 11.5 Å². The van der Waals surface area contributed by atoms with Crippen molar-refractivity contribution in [1.29, 1.82) is 0 Å². The number of hydrogen-bond donors (Lipinski definition) is 1. The summed E-state index contributed by atoms with van der Waals surface area (Å²) in [7, 11) is 2.26. The van der Waals surface area contributed by atoms with Gasteiger partial charge < -0.3 is 5.32 Å². The lowest BCUT2D eigenvalue weighted by Crippen LogP contribution is -2.33. The molecular weight excluding hydrogens is 220 g/mol. The summed E-state index contributed by atoms with van der Waals surface area (Å²) in [5, 5.41) is 3.52. The molecule has 0 radical (unpaired) electrons. The molecule has 0 saturated carbocycles. The predicted molar refractivity (Wildman–Crippen MR) is 77.6 cm³/mol. The summed E-state index contributed by atoms with van der Waals surface area (Å²) >= 11 is 0. The second-order valence-electron chi connectivity index (χ2n) is 6.66. The Labute approximate surface area is 111 Å². The van der Waals surface area contributed by atoms with Crippen LogP contribution < -0.4 is 5.32 Å². The van der Waals surface area contributed by atoms with Crippen LogP contribution in [0.3, 0.4) is 0 Å². The summed E-state index contributed by atoms with van der Waals surface area (Å²) in [6.45, 7) is 10.2. The van der Waals surface area contributed by atoms with Crippen molar-refractivity contribution in [1.82, 2.24) is 10.2 Å². The van der Waals surface area contributed by atoms with Crippen LogP contribution in [0.4, 0.5) is 0 Å². The van der Waals surface area contributed by atoms with Crippen LogP contribution >= 0.6 is 0 Å². The Morgan fingerprint density at radius 1 is 1.28 bits per heavy atom. The number of benzene rings is 1. The third-order valence-electron chi connectivity index (χ3n) is 3.58. The molecular formula is C16H26N2. The van der Waals surface area contributed by atoms with Crippen molar-refractivity contribution in [3.05, 3.63) is 35.4 Å². The largest absolute Gasteiger partial charge is 0.313 e. The summed E-state index contributed by atoms with van der Waals surface area (Å²) in [5.41, 5.74) is 3.32. The van der Waals surface area contributed by atoms with Crippen molar-refractivity contribution < 1.29 is 0 Å². The van der Waals surface area contributed by atoms with Gasteiger partial charge in [0.1, 0.15) is 0 Å². The molecule has 0 spiro atoms. The molecule has 1 atom stereocenters. The van der Waals surface area contributed by atoms with E-state index in [9.17, 15) is 0 Å². The number of fused-ring (bicyclic) bond motifs is 1. The highest BCUT2D eigenvalue weighted by atomic mass is 15.1. The molecule has 0 aromatic heterocycles. The van der Waals surface area contributed by atoms with Gasteiger partial charge in [0.25, 0.3) is 0 Å². The first-order valence-corrected chi connectivity index (χ1v) is 6.96. The smallest absolute Gasteiger partial charge is 0.0360 e. The highest BCUT2D eigenvalue weighted by Crippen LogP contribution is 2.30. The lowest BCUT2D eigenvalue weighted by atomic mass is 9.92. The Balaban J connectivity index is 2.22. The molecule has 2 rings (SSSR count). The van der Waals surface area contributed by atoms with Gasteiger partial charge in [-0.2, -0.15) is 0 Å². The Hall–Kier alpha value is -0.860. The molecule has 1 heterocycles. The van der Waals surface area contributed by atoms with Gasteiger partial charge >= 0.3 is 0 Å². The molecule has 1 aliphatic rings. The van der Waals surface area contributed by atoms with Crippen molar-refractivity contribution in [3.63, 3.8) is 0 Å². The molecule has 1 aliphatic heterocycles. The summed E-state index contributed by atoms with van der Waals surface area (Å²) in [6.07, 6.45) is 1.20. The zero-order valence-corrected chi connectivity index (χ0v) is 12.2. The fraction of sp³-hybridized carbons (Fsp3) is 0.625. The van der Waals surface area contributed by atoms with E-state index in [-0.39, 0.29) is 0 Å². The standard InChI is InChI=1S/C16H26N2/c1-16(2,3)12-18(4)15-9-10-17-11-13-7-5-6-8-14(13)15/h5-8,15,17H,9-12H2,1-4H3. The van der Waals surface area contributed by atoms with Gasteiger partial charge in [-0.1, -0.05) is 45.0 Å². The minimum Gasteiger partial charge on any atom is -0.313 e. The highest BCUT2D eigenvalue weighted by molar-refractivity contribution is 5.31. The third kappa shape index (κ3) is 3.33. The first kappa shape index (κ1) is 13.6. The van der Waals surface area contributed by atoms with Crippen molar-refractivity contribution in [2.24, 2.45) is 5.41 Å². The van der Waals surface area contributed by atoms with Gasteiger partial charge in [-0.05, 0) is 36.6 Å². The quantitative estimate of drug-likeness (QED) is 0.862. The number of nitrogens with zero attached hydrogens (tertiary/aromatic N) is 1. The maximum absolute atomic E-state index is 3.52. The molecule has 0 aliphatic carbocycles. The zero-order chi connectivity index (χ0) is 13.2. The Kier molecular flexibility index (Phi) is 4.08. The zero-order valence-electron chi connectivity index (χ0n) is 12.2. The Morgan fingerprint density at radius 2 is 2.00 bits per heavy atom. The first-order chi connectivity index (χ1) is 8.47. The van der Waals surface area contributed by atoms with E-state index >= 15 is 0 Å². The number of rotatable bonds is 2. The van der Waals surface area contributed by atoms with Crippen molar-refractivity contribution >= 4 is 0 Å². The summed E-state index contributed by atoms with van der Waals surface area (Å²) in [5.74, 6) is 0. The van der Waals surface area contributed by atoms with Crippen LogP contribution in [0.25, 0.3) is 0 Å². The van der Waals surface area contributed by atoms with Crippen LogP contribution in [0.15, 0.2) is 24.3 Å². The van der Waals surface area contributed by atoms with Crippen molar-refractivity contribution in [2.45, 2.75) is 39.8 Å². The minimum atomic E-state index is 0.351. The number of nitrogens with one attached hydrogen (secondary N) is 1. The molecule has 0 fully saturated rings. The fourth-order valence-corrected chi connectivity index (χ4v) is 2.95. The van der Waals surface area contributed by atoms with Crippen LogP contribution in [0, 0.1) is 5.41 Å². The molecule has 100 valence electrons. The molecule has 0 saturated heterocycles. The van der Waals surface area contributed by atoms with E-state index in [4.69, 9.17) is 0 Å². The summed E-state index contributed by atoms with van der Waals surface area (Å²) in [4.78, 5) is 2.52. The average molecular weight is 246 g/mol. The predicted octanol–water partition coefficient (Wildman–Crippen LogP) is 3.20. The molecule has 2 heteroatoms. The lowest BCUT2D eigenvalue weighted by Gasteiger charge is -2.33. The van der Waals surface area contributed by atoms with Crippen LogP contribution in [-0.2, 0) is 6.54 Å². The molecule has 18 heavy (non-hydrogen) atoms. The molecule has 1 N–H and O–H groups in total. The molecule has 0 amide bonds. The van der Waals surface area contributed by atoms with Gasteiger partial charge in [0.05, 0.1) is 0 Å². The van der Waals surface area contributed by atoms with E-state index in [1.54, 1.807) is 0 Å². The van der Waals surface area contributed by atoms with Gasteiger partial charge in [0, 0.05) is 19.1 Å². The fourth-order valence-electron chi connectivity index (χ4n) is 2.95. The highest BCUT2D eigenvalue weighted by Gasteiger charge is 2.24. The topological polar surface area (TPSA) is 15.3 Å².